The highest BCUT2D eigenvalue weighted by atomic mass is 32.1. The summed E-state index contributed by atoms with van der Waals surface area (Å²) in [6.45, 7) is 2.14. The summed E-state index contributed by atoms with van der Waals surface area (Å²) < 4.78 is 0. The van der Waals surface area contributed by atoms with Crippen LogP contribution in [0.5, 0.6) is 0 Å². The van der Waals surface area contributed by atoms with Crippen LogP contribution in [0.3, 0.4) is 0 Å². The lowest BCUT2D eigenvalue weighted by molar-refractivity contribution is -0.118. The minimum Gasteiger partial charge on any atom is -0.309 e. The number of benzene rings is 1. The lowest BCUT2D eigenvalue weighted by atomic mass is 9.96. The third kappa shape index (κ3) is 2.43. The van der Waals surface area contributed by atoms with E-state index < -0.39 is 0 Å². The summed E-state index contributed by atoms with van der Waals surface area (Å²) in [5, 5.41) is 2.02. The van der Waals surface area contributed by atoms with Crippen LogP contribution in [-0.4, -0.2) is 11.9 Å². The van der Waals surface area contributed by atoms with Crippen LogP contribution >= 0.6 is 11.3 Å². The van der Waals surface area contributed by atoms with Gasteiger partial charge in [0.25, 0.3) is 0 Å². The Morgan fingerprint density at radius 2 is 2.16 bits per heavy atom. The second-order valence-electron chi connectivity index (χ2n) is 5.04. The third-order valence-corrected chi connectivity index (χ3v) is 4.57. The van der Waals surface area contributed by atoms with E-state index in [-0.39, 0.29) is 5.91 Å². The fraction of sp³-hybridized carbons (Fsp3) is 0.312. The van der Waals surface area contributed by atoms with Crippen molar-refractivity contribution in [1.29, 1.82) is 0 Å². The monoisotopic (exact) mass is 271 g/mol. The fourth-order valence-electron chi connectivity index (χ4n) is 2.72. The molecule has 1 aromatic heterocycles. The van der Waals surface area contributed by atoms with Gasteiger partial charge in [-0.1, -0.05) is 24.3 Å². The van der Waals surface area contributed by atoms with E-state index in [1.54, 1.807) is 11.3 Å². The minimum atomic E-state index is 0.210. The van der Waals surface area contributed by atoms with Crippen LogP contribution in [0.1, 0.15) is 23.8 Å². The zero-order valence-corrected chi connectivity index (χ0v) is 11.8. The fourth-order valence-corrected chi connectivity index (χ4v) is 3.41. The lowest BCUT2D eigenvalue weighted by Crippen LogP contribution is -2.42. The van der Waals surface area contributed by atoms with Gasteiger partial charge in [-0.3, -0.25) is 4.79 Å². The Labute approximate surface area is 117 Å². The summed E-state index contributed by atoms with van der Waals surface area (Å²) >= 11 is 1.65. The molecule has 0 saturated heterocycles. The van der Waals surface area contributed by atoms with Gasteiger partial charge in [0.2, 0.25) is 5.91 Å². The number of anilines is 1. The standard InChI is InChI=1S/C16H17NOS/c1-12-8-9-13-5-2-3-7-15(13)17(12)16(18)11-14-6-4-10-19-14/h2-7,10,12H,8-9,11H2,1H3. The van der Waals surface area contributed by atoms with Gasteiger partial charge in [0.05, 0.1) is 6.42 Å². The van der Waals surface area contributed by atoms with Gasteiger partial charge in [0.1, 0.15) is 0 Å². The van der Waals surface area contributed by atoms with Gasteiger partial charge in [-0.25, -0.2) is 0 Å². The Hall–Kier alpha value is -1.61. The highest BCUT2D eigenvalue weighted by molar-refractivity contribution is 7.10. The average molecular weight is 271 g/mol. The molecule has 3 heteroatoms. The van der Waals surface area contributed by atoms with Crippen LogP contribution in [-0.2, 0) is 17.6 Å². The smallest absolute Gasteiger partial charge is 0.232 e. The van der Waals surface area contributed by atoms with Crippen LogP contribution in [0.2, 0.25) is 0 Å². The maximum atomic E-state index is 12.6. The van der Waals surface area contributed by atoms with Crippen molar-refractivity contribution in [2.75, 3.05) is 4.90 Å². The molecular weight excluding hydrogens is 254 g/mol. The molecule has 0 aliphatic carbocycles. The Balaban J connectivity index is 1.88. The molecule has 3 rings (SSSR count). The van der Waals surface area contributed by atoms with Gasteiger partial charge in [-0.2, -0.15) is 0 Å². The molecule has 1 atom stereocenters. The summed E-state index contributed by atoms with van der Waals surface area (Å²) in [6.07, 6.45) is 2.63. The van der Waals surface area contributed by atoms with Crippen molar-refractivity contribution >= 4 is 22.9 Å². The van der Waals surface area contributed by atoms with E-state index in [2.05, 4.69) is 25.1 Å². The molecule has 19 heavy (non-hydrogen) atoms. The molecule has 0 bridgehead atoms. The molecule has 0 saturated carbocycles. The zero-order valence-electron chi connectivity index (χ0n) is 11.0. The average Bonchev–Trinajstić information content (AvgIpc) is 2.91. The Kier molecular flexibility index (Phi) is 3.38. The van der Waals surface area contributed by atoms with Crippen molar-refractivity contribution < 1.29 is 4.79 Å². The quantitative estimate of drug-likeness (QED) is 0.816. The normalized spacial score (nSPS) is 18.2. The largest absolute Gasteiger partial charge is 0.309 e. The first kappa shape index (κ1) is 12.4. The molecule has 0 radical (unpaired) electrons. The summed E-state index contributed by atoms with van der Waals surface area (Å²) in [4.78, 5) is 15.7. The number of carbonyl (C=O) groups is 1. The molecule has 98 valence electrons. The van der Waals surface area contributed by atoms with Crippen LogP contribution in [0, 0.1) is 0 Å². The maximum absolute atomic E-state index is 12.6. The van der Waals surface area contributed by atoms with E-state index in [0.717, 1.165) is 23.4 Å². The van der Waals surface area contributed by atoms with Crippen LogP contribution in [0.15, 0.2) is 41.8 Å². The van der Waals surface area contributed by atoms with E-state index in [4.69, 9.17) is 0 Å². The van der Waals surface area contributed by atoms with E-state index in [9.17, 15) is 4.79 Å². The van der Waals surface area contributed by atoms with Crippen molar-refractivity contribution in [1.82, 2.24) is 0 Å². The number of hydrogen-bond donors (Lipinski definition) is 0. The van der Waals surface area contributed by atoms with Gasteiger partial charge in [0, 0.05) is 16.6 Å². The number of carbonyl (C=O) groups excluding carboxylic acids is 1. The number of aryl methyl sites for hydroxylation is 1. The summed E-state index contributed by atoms with van der Waals surface area (Å²) in [5.41, 5.74) is 2.39. The van der Waals surface area contributed by atoms with Crippen molar-refractivity contribution in [3.05, 3.63) is 52.2 Å². The molecule has 1 aliphatic rings. The minimum absolute atomic E-state index is 0.210. The predicted molar refractivity (Wildman–Crippen MR) is 79.7 cm³/mol. The number of amides is 1. The first-order valence-electron chi connectivity index (χ1n) is 6.68. The SMILES string of the molecule is CC1CCc2ccccc2N1C(=O)Cc1cccs1. The molecule has 0 fully saturated rings. The number of rotatable bonds is 2. The molecule has 2 aromatic rings. The van der Waals surface area contributed by atoms with E-state index in [1.807, 2.05) is 28.5 Å². The number of para-hydroxylation sites is 1. The number of fused-ring (bicyclic) bond motifs is 1. The number of hydrogen-bond acceptors (Lipinski definition) is 2. The summed E-state index contributed by atoms with van der Waals surface area (Å²) in [5.74, 6) is 0.210. The maximum Gasteiger partial charge on any atom is 0.232 e. The number of nitrogens with zero attached hydrogens (tertiary/aromatic N) is 1. The first-order valence-corrected chi connectivity index (χ1v) is 7.56. The molecular formula is C16H17NOS. The second kappa shape index (κ2) is 5.17. The van der Waals surface area contributed by atoms with E-state index in [1.165, 1.54) is 5.56 Å². The molecule has 1 amide bonds. The lowest BCUT2D eigenvalue weighted by Gasteiger charge is -2.35. The van der Waals surface area contributed by atoms with Gasteiger partial charge in [0.15, 0.2) is 0 Å². The molecule has 2 nitrogen and oxygen atoms in total. The second-order valence-corrected chi connectivity index (χ2v) is 6.07. The van der Waals surface area contributed by atoms with Crippen molar-refractivity contribution in [2.45, 2.75) is 32.2 Å². The van der Waals surface area contributed by atoms with Gasteiger partial charge < -0.3 is 4.90 Å². The van der Waals surface area contributed by atoms with Crippen molar-refractivity contribution in [3.8, 4) is 0 Å². The van der Waals surface area contributed by atoms with Crippen molar-refractivity contribution in [2.24, 2.45) is 0 Å². The molecule has 2 heterocycles. The third-order valence-electron chi connectivity index (χ3n) is 3.70. The van der Waals surface area contributed by atoms with E-state index in [0.29, 0.717) is 12.5 Å². The highest BCUT2D eigenvalue weighted by Gasteiger charge is 2.27. The summed E-state index contributed by atoms with van der Waals surface area (Å²) in [6, 6.07) is 12.6. The Morgan fingerprint density at radius 3 is 2.95 bits per heavy atom. The van der Waals surface area contributed by atoms with Crippen LogP contribution in [0.4, 0.5) is 5.69 Å². The first-order chi connectivity index (χ1) is 9.25. The molecule has 0 N–H and O–H groups in total. The topological polar surface area (TPSA) is 20.3 Å². The number of thiophene rings is 1. The van der Waals surface area contributed by atoms with E-state index >= 15 is 0 Å². The molecule has 1 aromatic carbocycles. The molecule has 1 unspecified atom stereocenters. The Morgan fingerprint density at radius 1 is 1.32 bits per heavy atom. The van der Waals surface area contributed by atoms with Crippen LogP contribution < -0.4 is 4.90 Å². The van der Waals surface area contributed by atoms with Gasteiger partial charge in [-0.05, 0) is 42.8 Å². The highest BCUT2D eigenvalue weighted by Crippen LogP contribution is 2.31. The molecule has 1 aliphatic heterocycles. The summed E-state index contributed by atoms with van der Waals surface area (Å²) in [7, 11) is 0. The zero-order chi connectivity index (χ0) is 13.2. The van der Waals surface area contributed by atoms with Crippen molar-refractivity contribution in [3.63, 3.8) is 0 Å². The predicted octanol–water partition coefficient (Wildman–Crippen LogP) is 3.66. The van der Waals surface area contributed by atoms with Gasteiger partial charge in [-0.15, -0.1) is 11.3 Å². The van der Waals surface area contributed by atoms with Crippen LogP contribution in [0.25, 0.3) is 0 Å². The van der Waals surface area contributed by atoms with Gasteiger partial charge >= 0.3 is 0 Å². The molecule has 0 spiro atoms. The Bertz CT molecular complexity index is 576.